The van der Waals surface area contributed by atoms with Crippen LogP contribution in [-0.2, 0) is 23.9 Å². The zero-order valence-corrected chi connectivity index (χ0v) is 14.1. The first-order chi connectivity index (χ1) is 12.1. The van der Waals surface area contributed by atoms with Crippen LogP contribution in [0.2, 0.25) is 0 Å². The minimum absolute atomic E-state index is 0.458. The van der Waals surface area contributed by atoms with E-state index in [2.05, 4.69) is 9.47 Å². The summed E-state index contributed by atoms with van der Waals surface area (Å²) in [5, 5.41) is 11.4. The summed E-state index contributed by atoms with van der Waals surface area (Å²) in [4.78, 5) is 47.2. The Kier molecular flexibility index (Phi) is 7.17. The molecule has 0 heterocycles. The van der Waals surface area contributed by atoms with E-state index in [1.165, 1.54) is 6.92 Å². The van der Waals surface area contributed by atoms with E-state index in [0.717, 1.165) is 26.4 Å². The third kappa shape index (κ3) is 4.74. The highest BCUT2D eigenvalue weighted by Crippen LogP contribution is 2.20. The molecule has 0 aliphatic rings. The molecule has 0 aliphatic carbocycles. The summed E-state index contributed by atoms with van der Waals surface area (Å²) >= 11 is 0. The Balaban J connectivity index is 3.13. The van der Waals surface area contributed by atoms with Crippen LogP contribution in [0.3, 0.4) is 0 Å². The molecule has 0 radical (unpaired) electrons. The van der Waals surface area contributed by atoms with E-state index < -0.39 is 58.9 Å². The molecule has 0 saturated heterocycles. The molecule has 0 bridgehead atoms. The van der Waals surface area contributed by atoms with E-state index in [9.17, 15) is 33.1 Å². The highest BCUT2D eigenvalue weighted by atomic mass is 19.1. The van der Waals surface area contributed by atoms with Gasteiger partial charge in [0, 0.05) is 12.0 Å². The fourth-order valence-electron chi connectivity index (χ4n) is 2.28. The van der Waals surface area contributed by atoms with Gasteiger partial charge in [-0.05, 0) is 12.1 Å². The number of methoxy groups -OCH3 is 2. The number of hydrogen-bond donors (Lipinski definition) is 2. The number of hydrogen-bond acceptors (Lipinski definition) is 6. The molecule has 8 nitrogen and oxygen atoms in total. The lowest BCUT2D eigenvalue weighted by Gasteiger charge is -2.26. The van der Waals surface area contributed by atoms with Crippen LogP contribution in [0.25, 0.3) is 0 Å². The van der Waals surface area contributed by atoms with Crippen molar-refractivity contribution in [2.75, 3.05) is 14.2 Å². The predicted molar refractivity (Wildman–Crippen MR) is 81.9 cm³/mol. The van der Waals surface area contributed by atoms with Gasteiger partial charge in [-0.15, -0.1) is 0 Å². The number of carboxylic acid groups (broad SMARTS) is 1. The van der Waals surface area contributed by atoms with Crippen molar-refractivity contribution in [3.8, 4) is 0 Å². The van der Waals surface area contributed by atoms with Gasteiger partial charge in [0.15, 0.2) is 5.92 Å². The zero-order chi connectivity index (χ0) is 20.0. The minimum atomic E-state index is -1.75. The predicted octanol–water partition coefficient (Wildman–Crippen LogP) is 0.746. The second-order valence-electron chi connectivity index (χ2n) is 5.30. The molecule has 142 valence electrons. The fraction of sp³-hybridized carbons (Fsp3) is 0.375. The van der Waals surface area contributed by atoms with Gasteiger partial charge in [0.1, 0.15) is 17.7 Å². The average Bonchev–Trinajstić information content (AvgIpc) is 2.58. The Morgan fingerprint density at radius 2 is 1.62 bits per heavy atom. The molecule has 1 aromatic carbocycles. The number of benzene rings is 1. The van der Waals surface area contributed by atoms with Gasteiger partial charge < -0.3 is 19.9 Å². The van der Waals surface area contributed by atoms with Crippen LogP contribution in [0.15, 0.2) is 18.2 Å². The van der Waals surface area contributed by atoms with Crippen molar-refractivity contribution >= 4 is 23.8 Å². The van der Waals surface area contributed by atoms with E-state index in [1.807, 2.05) is 5.32 Å². The van der Waals surface area contributed by atoms with Crippen molar-refractivity contribution in [1.29, 1.82) is 0 Å². The molecule has 0 saturated carbocycles. The monoisotopic (exact) mass is 373 g/mol. The number of nitrogens with one attached hydrogen (secondary N) is 1. The van der Waals surface area contributed by atoms with Gasteiger partial charge >= 0.3 is 17.9 Å². The smallest absolute Gasteiger partial charge is 0.326 e. The molecule has 1 rings (SSSR count). The second kappa shape index (κ2) is 8.88. The number of amides is 1. The SMILES string of the molecule is COC(=O)C(C(=O)OC)[C@H](C)[C@H](NC(=O)c1ccc(F)cc1F)C(=O)O. The number of carbonyl (C=O) groups excluding carboxylic acids is 3. The number of aliphatic carboxylic acids is 1. The summed E-state index contributed by atoms with van der Waals surface area (Å²) in [7, 11) is 1.99. The van der Waals surface area contributed by atoms with Crippen molar-refractivity contribution in [1.82, 2.24) is 5.32 Å². The van der Waals surface area contributed by atoms with Gasteiger partial charge in [0.05, 0.1) is 19.8 Å². The topological polar surface area (TPSA) is 119 Å². The molecule has 0 unspecified atom stereocenters. The summed E-state index contributed by atoms with van der Waals surface area (Å²) in [6, 6.07) is 0.361. The van der Waals surface area contributed by atoms with Crippen LogP contribution >= 0.6 is 0 Å². The van der Waals surface area contributed by atoms with Crippen molar-refractivity contribution in [2.24, 2.45) is 11.8 Å². The van der Waals surface area contributed by atoms with Crippen LogP contribution in [0.4, 0.5) is 8.78 Å². The van der Waals surface area contributed by atoms with Crippen LogP contribution in [-0.4, -0.2) is 49.2 Å². The van der Waals surface area contributed by atoms with Crippen molar-refractivity contribution in [2.45, 2.75) is 13.0 Å². The Morgan fingerprint density at radius 3 is 2.04 bits per heavy atom. The molecule has 26 heavy (non-hydrogen) atoms. The standard InChI is InChI=1S/C16H17F2NO7/c1-7(11(15(23)25-2)16(24)26-3)12(14(21)22)19-13(20)9-5-4-8(17)6-10(9)18/h4-7,11-12H,1-3H3,(H,19,20)(H,21,22)/t7-,12-/m0/s1. The van der Waals surface area contributed by atoms with Gasteiger partial charge in [0.2, 0.25) is 0 Å². The van der Waals surface area contributed by atoms with Crippen molar-refractivity contribution in [3.63, 3.8) is 0 Å². The fourth-order valence-corrected chi connectivity index (χ4v) is 2.28. The molecular formula is C16H17F2NO7. The second-order valence-corrected chi connectivity index (χ2v) is 5.30. The Morgan fingerprint density at radius 1 is 1.08 bits per heavy atom. The van der Waals surface area contributed by atoms with Crippen molar-refractivity contribution < 1.29 is 42.5 Å². The van der Waals surface area contributed by atoms with Gasteiger partial charge in [0.25, 0.3) is 5.91 Å². The Hall–Kier alpha value is -3.04. The van der Waals surface area contributed by atoms with E-state index in [-0.39, 0.29) is 0 Å². The van der Waals surface area contributed by atoms with Crippen LogP contribution in [0.5, 0.6) is 0 Å². The van der Waals surface area contributed by atoms with E-state index in [1.54, 1.807) is 0 Å². The highest BCUT2D eigenvalue weighted by Gasteiger charge is 2.42. The maximum Gasteiger partial charge on any atom is 0.326 e. The van der Waals surface area contributed by atoms with Gasteiger partial charge in [-0.2, -0.15) is 0 Å². The van der Waals surface area contributed by atoms with Gasteiger partial charge in [-0.1, -0.05) is 6.92 Å². The largest absolute Gasteiger partial charge is 0.480 e. The summed E-state index contributed by atoms with van der Waals surface area (Å²) in [6.45, 7) is 1.21. The average molecular weight is 373 g/mol. The highest BCUT2D eigenvalue weighted by molar-refractivity contribution is 5.99. The number of carbonyl (C=O) groups is 4. The maximum absolute atomic E-state index is 13.7. The third-order valence-electron chi connectivity index (χ3n) is 3.69. The zero-order valence-electron chi connectivity index (χ0n) is 14.1. The molecule has 0 aliphatic heterocycles. The van der Waals surface area contributed by atoms with Gasteiger partial charge in [-0.3, -0.25) is 14.4 Å². The minimum Gasteiger partial charge on any atom is -0.480 e. The van der Waals surface area contributed by atoms with E-state index >= 15 is 0 Å². The Bertz CT molecular complexity index is 707. The third-order valence-corrected chi connectivity index (χ3v) is 3.69. The first-order valence-corrected chi connectivity index (χ1v) is 7.28. The van der Waals surface area contributed by atoms with Crippen LogP contribution in [0.1, 0.15) is 17.3 Å². The molecule has 1 amide bonds. The number of esters is 2. The first kappa shape index (κ1) is 21.0. The maximum atomic E-state index is 13.7. The molecule has 0 fully saturated rings. The molecular weight excluding hydrogens is 356 g/mol. The first-order valence-electron chi connectivity index (χ1n) is 7.28. The molecule has 0 aromatic heterocycles. The number of ether oxygens (including phenoxy) is 2. The number of halogens is 2. The quantitative estimate of drug-likeness (QED) is 0.535. The van der Waals surface area contributed by atoms with E-state index in [0.29, 0.717) is 6.07 Å². The van der Waals surface area contributed by atoms with Crippen LogP contribution < -0.4 is 5.32 Å². The lowest BCUT2D eigenvalue weighted by Crippen LogP contribution is -2.50. The van der Waals surface area contributed by atoms with Gasteiger partial charge in [-0.25, -0.2) is 13.6 Å². The molecule has 2 N–H and O–H groups in total. The van der Waals surface area contributed by atoms with Crippen LogP contribution in [0, 0.1) is 23.5 Å². The normalized spacial score (nSPS) is 12.8. The Labute approximate surface area is 147 Å². The van der Waals surface area contributed by atoms with Crippen molar-refractivity contribution in [3.05, 3.63) is 35.4 Å². The number of rotatable bonds is 7. The lowest BCUT2D eigenvalue weighted by molar-refractivity contribution is -0.162. The van der Waals surface area contributed by atoms with E-state index in [4.69, 9.17) is 0 Å². The summed E-state index contributed by atoms with van der Waals surface area (Å²) in [5.74, 6) is -9.89. The summed E-state index contributed by atoms with van der Waals surface area (Å²) < 4.78 is 35.5. The molecule has 2 atom stereocenters. The number of carboxylic acids is 1. The summed E-state index contributed by atoms with van der Waals surface area (Å²) in [6.07, 6.45) is 0. The lowest BCUT2D eigenvalue weighted by atomic mass is 9.87. The molecule has 10 heteroatoms. The molecule has 1 aromatic rings. The molecule has 0 spiro atoms. The summed E-state index contributed by atoms with van der Waals surface area (Å²) in [5.41, 5.74) is -0.600.